The molecule has 9 heteroatoms. The van der Waals surface area contributed by atoms with Crippen LogP contribution < -0.4 is 10.6 Å². The highest BCUT2D eigenvalue weighted by Crippen LogP contribution is 2.26. The minimum Gasteiger partial charge on any atom is -0.349 e. The highest BCUT2D eigenvalue weighted by atomic mass is 35.5. The molecule has 3 amide bonds. The van der Waals surface area contributed by atoms with Gasteiger partial charge < -0.3 is 15.5 Å². The lowest BCUT2D eigenvalue weighted by Gasteiger charge is -2.26. The van der Waals surface area contributed by atoms with E-state index in [9.17, 15) is 14.4 Å². The highest BCUT2D eigenvalue weighted by molar-refractivity contribution is 7.99. The summed E-state index contributed by atoms with van der Waals surface area (Å²) in [7, 11) is 0. The van der Waals surface area contributed by atoms with Crippen molar-refractivity contribution in [1.82, 2.24) is 10.2 Å². The zero-order valence-electron chi connectivity index (χ0n) is 16.8. The lowest BCUT2D eigenvalue weighted by atomic mass is 10.0. The first-order chi connectivity index (χ1) is 14.9. The highest BCUT2D eigenvalue weighted by Gasteiger charge is 2.35. The van der Waals surface area contributed by atoms with E-state index in [1.54, 1.807) is 48.5 Å². The van der Waals surface area contributed by atoms with Crippen LogP contribution in [0.2, 0.25) is 5.02 Å². The third-order valence-electron chi connectivity index (χ3n) is 4.82. The van der Waals surface area contributed by atoms with Gasteiger partial charge in [-0.05, 0) is 42.0 Å². The summed E-state index contributed by atoms with van der Waals surface area (Å²) in [5.41, 5.74) is 1.82. The molecule has 2 aromatic rings. The van der Waals surface area contributed by atoms with Gasteiger partial charge in [0.15, 0.2) is 0 Å². The third kappa shape index (κ3) is 6.00. The number of carbonyl (C=O) groups excluding carboxylic acids is 3. The Bertz CT molecular complexity index is 1000. The summed E-state index contributed by atoms with van der Waals surface area (Å²) in [6, 6.07) is 14.4. The summed E-state index contributed by atoms with van der Waals surface area (Å²) in [6.07, 6.45) is 0.0302. The van der Waals surface area contributed by atoms with Crippen LogP contribution in [-0.2, 0) is 14.4 Å². The Morgan fingerprint density at radius 2 is 1.87 bits per heavy atom. The van der Waals surface area contributed by atoms with Crippen LogP contribution in [0.4, 0.5) is 5.69 Å². The molecule has 1 heterocycles. The molecule has 2 N–H and O–H groups in total. The monoisotopic (exact) mass is 456 g/mol. The molecule has 1 aliphatic heterocycles. The molecule has 1 fully saturated rings. The summed E-state index contributed by atoms with van der Waals surface area (Å²) in [5, 5.41) is 15.1. The molecule has 0 aromatic heterocycles. The van der Waals surface area contributed by atoms with Crippen molar-refractivity contribution in [1.29, 1.82) is 5.26 Å². The lowest BCUT2D eigenvalue weighted by molar-refractivity contribution is -0.136. The first kappa shape index (κ1) is 22.7. The van der Waals surface area contributed by atoms with Crippen molar-refractivity contribution < 1.29 is 14.4 Å². The number of nitriles is 1. The lowest BCUT2D eigenvalue weighted by Crippen LogP contribution is -2.45. The predicted molar refractivity (Wildman–Crippen MR) is 120 cm³/mol. The van der Waals surface area contributed by atoms with Gasteiger partial charge in [0.25, 0.3) is 0 Å². The first-order valence-electron chi connectivity index (χ1n) is 9.58. The normalized spacial score (nSPS) is 16.3. The van der Waals surface area contributed by atoms with Crippen molar-refractivity contribution in [2.45, 2.75) is 25.4 Å². The van der Waals surface area contributed by atoms with Gasteiger partial charge >= 0.3 is 0 Å². The van der Waals surface area contributed by atoms with Gasteiger partial charge in [-0.1, -0.05) is 23.7 Å². The summed E-state index contributed by atoms with van der Waals surface area (Å²) in [4.78, 5) is 39.0. The number of amides is 3. The average Bonchev–Trinajstić information content (AvgIpc) is 3.24. The average molecular weight is 457 g/mol. The second kappa shape index (κ2) is 10.3. The number of nitrogens with zero attached hydrogens (tertiary/aromatic N) is 2. The van der Waals surface area contributed by atoms with Crippen molar-refractivity contribution >= 4 is 46.8 Å². The first-order valence-corrected chi connectivity index (χ1v) is 11.1. The molecule has 0 spiro atoms. The Morgan fingerprint density at radius 1 is 1.19 bits per heavy atom. The van der Waals surface area contributed by atoms with E-state index in [0.717, 1.165) is 5.56 Å². The Hall–Kier alpha value is -3.02. The van der Waals surface area contributed by atoms with Gasteiger partial charge in [0.1, 0.15) is 6.04 Å². The van der Waals surface area contributed by atoms with Crippen LogP contribution in [0.15, 0.2) is 48.5 Å². The second-order valence-electron chi connectivity index (χ2n) is 7.07. The van der Waals surface area contributed by atoms with E-state index in [1.807, 2.05) is 6.07 Å². The van der Waals surface area contributed by atoms with Crippen LogP contribution in [0.1, 0.15) is 30.5 Å². The molecule has 160 valence electrons. The van der Waals surface area contributed by atoms with E-state index >= 15 is 0 Å². The number of halogens is 1. The molecule has 7 nitrogen and oxygen atoms in total. The van der Waals surface area contributed by atoms with E-state index in [-0.39, 0.29) is 24.1 Å². The number of hydrogen-bond donors (Lipinski definition) is 2. The molecular formula is C22H21ClN4O3S. The Balaban J connectivity index is 1.69. The quantitative estimate of drug-likeness (QED) is 0.694. The smallest absolute Gasteiger partial charge is 0.248 e. The van der Waals surface area contributed by atoms with Crippen LogP contribution in [0.3, 0.4) is 0 Å². The molecule has 1 aliphatic rings. The van der Waals surface area contributed by atoms with Crippen molar-refractivity contribution in [3.8, 4) is 6.07 Å². The van der Waals surface area contributed by atoms with Gasteiger partial charge in [-0.15, -0.1) is 11.8 Å². The van der Waals surface area contributed by atoms with Gasteiger partial charge in [-0.25, -0.2) is 0 Å². The summed E-state index contributed by atoms with van der Waals surface area (Å²) in [6.45, 7) is 1.40. The van der Waals surface area contributed by atoms with E-state index < -0.39 is 12.1 Å². The Kier molecular flexibility index (Phi) is 7.55. The summed E-state index contributed by atoms with van der Waals surface area (Å²) in [5.74, 6) is 0.125. The fourth-order valence-corrected chi connectivity index (χ4v) is 4.55. The molecular weight excluding hydrogens is 436 g/mol. The number of hydrogen-bond acceptors (Lipinski definition) is 5. The number of anilines is 1. The number of thioether (sulfide) groups is 1. The topological polar surface area (TPSA) is 102 Å². The number of carbonyl (C=O) groups is 3. The summed E-state index contributed by atoms with van der Waals surface area (Å²) < 4.78 is 0. The zero-order valence-corrected chi connectivity index (χ0v) is 18.4. The van der Waals surface area contributed by atoms with E-state index in [2.05, 4.69) is 10.6 Å². The van der Waals surface area contributed by atoms with Crippen LogP contribution in [0.5, 0.6) is 0 Å². The predicted octanol–water partition coefficient (Wildman–Crippen LogP) is 3.32. The molecule has 31 heavy (non-hydrogen) atoms. The van der Waals surface area contributed by atoms with Crippen molar-refractivity contribution in [3.05, 3.63) is 64.7 Å². The minimum atomic E-state index is -0.615. The van der Waals surface area contributed by atoms with E-state index in [4.69, 9.17) is 16.9 Å². The van der Waals surface area contributed by atoms with Gasteiger partial charge in [-0.3, -0.25) is 14.4 Å². The van der Waals surface area contributed by atoms with Crippen molar-refractivity contribution in [3.63, 3.8) is 0 Å². The molecule has 0 aliphatic carbocycles. The number of benzene rings is 2. The SMILES string of the molecule is CC(=O)NC(CC(=O)N1CSCC1C(=O)Nc1ccc(C#N)cc1)c1ccc(Cl)cc1. The maximum atomic E-state index is 13.0. The molecule has 1 saturated heterocycles. The van der Waals surface area contributed by atoms with Crippen molar-refractivity contribution in [2.24, 2.45) is 0 Å². The maximum Gasteiger partial charge on any atom is 0.248 e. The van der Waals surface area contributed by atoms with E-state index in [1.165, 1.54) is 23.6 Å². The Labute approximate surface area is 189 Å². The zero-order chi connectivity index (χ0) is 22.4. The van der Waals surface area contributed by atoms with Crippen LogP contribution in [0, 0.1) is 11.3 Å². The molecule has 2 aromatic carbocycles. The van der Waals surface area contributed by atoms with Crippen LogP contribution in [-0.4, -0.2) is 40.3 Å². The van der Waals surface area contributed by atoms with Crippen molar-refractivity contribution in [2.75, 3.05) is 16.9 Å². The van der Waals surface area contributed by atoms with Gasteiger partial charge in [-0.2, -0.15) is 5.26 Å². The largest absolute Gasteiger partial charge is 0.349 e. The van der Waals surface area contributed by atoms with Gasteiger partial charge in [0.05, 0.1) is 30.0 Å². The Morgan fingerprint density at radius 3 is 2.48 bits per heavy atom. The van der Waals surface area contributed by atoms with Crippen LogP contribution >= 0.6 is 23.4 Å². The molecule has 3 rings (SSSR count). The number of rotatable bonds is 6. The molecule has 0 saturated carbocycles. The molecule has 0 radical (unpaired) electrons. The van der Waals surface area contributed by atoms with E-state index in [0.29, 0.717) is 27.9 Å². The third-order valence-corrected chi connectivity index (χ3v) is 6.08. The minimum absolute atomic E-state index is 0.0302. The molecule has 2 unspecified atom stereocenters. The molecule has 2 atom stereocenters. The standard InChI is InChI=1S/C22H21ClN4O3S/c1-14(28)25-19(16-4-6-17(23)7-5-16)10-21(29)27-13-31-12-20(27)22(30)26-18-8-2-15(11-24)3-9-18/h2-9,19-20H,10,12-13H2,1H3,(H,25,28)(H,26,30). The maximum absolute atomic E-state index is 13.0. The summed E-state index contributed by atoms with van der Waals surface area (Å²) >= 11 is 7.44. The fourth-order valence-electron chi connectivity index (χ4n) is 3.24. The van der Waals surface area contributed by atoms with Gasteiger partial charge in [0, 0.05) is 23.4 Å². The van der Waals surface area contributed by atoms with Gasteiger partial charge in [0.2, 0.25) is 17.7 Å². The molecule has 0 bridgehead atoms. The second-order valence-corrected chi connectivity index (χ2v) is 8.50. The van der Waals surface area contributed by atoms with Crippen LogP contribution in [0.25, 0.3) is 0 Å². The fraction of sp³-hybridized carbons (Fsp3) is 0.273. The number of nitrogens with one attached hydrogen (secondary N) is 2.